The van der Waals surface area contributed by atoms with Gasteiger partial charge in [0, 0.05) is 25.7 Å². The third-order valence-corrected chi connectivity index (χ3v) is 7.95. The van der Waals surface area contributed by atoms with Crippen LogP contribution >= 0.6 is 34.3 Å². The number of hydrogen-bond donors (Lipinski definition) is 0. The molecule has 0 saturated heterocycles. The van der Waals surface area contributed by atoms with Gasteiger partial charge in [-0.05, 0) is 35.7 Å². The van der Waals surface area contributed by atoms with E-state index >= 15 is 0 Å². The van der Waals surface area contributed by atoms with Gasteiger partial charge in [-0.1, -0.05) is 58.5 Å². The Bertz CT molecular complexity index is 1400. The zero-order valence-electron chi connectivity index (χ0n) is 16.5. The summed E-state index contributed by atoms with van der Waals surface area (Å²) in [6.07, 6.45) is 1.50. The van der Waals surface area contributed by atoms with Crippen molar-refractivity contribution in [2.45, 2.75) is 13.0 Å². The van der Waals surface area contributed by atoms with Crippen molar-refractivity contribution < 1.29 is 9.59 Å². The van der Waals surface area contributed by atoms with Crippen LogP contribution in [-0.4, -0.2) is 28.3 Å². The number of nitrogens with zero attached hydrogens (tertiary/aromatic N) is 4. The number of anilines is 1. The molecule has 0 unspecified atom stereocenters. The van der Waals surface area contributed by atoms with Gasteiger partial charge in [-0.3, -0.25) is 9.59 Å². The second-order valence-electron chi connectivity index (χ2n) is 7.21. The highest BCUT2D eigenvalue weighted by molar-refractivity contribution is 7.17. The Hall–Kier alpha value is -2.81. The lowest BCUT2D eigenvalue weighted by Gasteiger charge is -2.29. The SMILES string of the molecule is Cn1c(=NC(=O)c2cccc3c2CN(c2nc(Cl)c(C=O)s2)CC3)sc2ccccc21. The summed E-state index contributed by atoms with van der Waals surface area (Å²) in [4.78, 5) is 36.2. The fraction of sp³-hybridized carbons (Fsp3) is 0.182. The molecule has 0 N–H and O–H groups in total. The lowest BCUT2D eigenvalue weighted by atomic mass is 9.95. The molecule has 1 amide bonds. The number of rotatable bonds is 3. The number of fused-ring (bicyclic) bond motifs is 2. The molecule has 1 aliphatic rings. The number of aldehydes is 1. The quantitative estimate of drug-likeness (QED) is 0.416. The molecule has 0 aliphatic carbocycles. The van der Waals surface area contributed by atoms with Crippen molar-refractivity contribution in [3.8, 4) is 0 Å². The smallest absolute Gasteiger partial charge is 0.280 e. The molecule has 0 fully saturated rings. The molecular formula is C22H17ClN4O2S2. The Labute approximate surface area is 191 Å². The number of aryl methyl sites for hydroxylation is 1. The lowest BCUT2D eigenvalue weighted by molar-refractivity contribution is 0.0996. The molecule has 3 heterocycles. The molecule has 6 nitrogen and oxygen atoms in total. The standard InChI is InChI=1S/C22H17ClN4O2S2/c1-26-16-7-2-3-8-17(16)30-21(26)25-20(29)14-6-4-5-13-9-10-27(11-15(13)14)22-24-19(23)18(12-28)31-22/h2-8,12H,9-11H2,1H3. The summed E-state index contributed by atoms with van der Waals surface area (Å²) in [6.45, 7) is 1.27. The normalized spacial score (nSPS) is 14.1. The molecule has 5 rings (SSSR count). The van der Waals surface area contributed by atoms with Gasteiger partial charge in [-0.2, -0.15) is 4.99 Å². The number of halogens is 1. The van der Waals surface area contributed by atoms with E-state index in [-0.39, 0.29) is 11.1 Å². The summed E-state index contributed by atoms with van der Waals surface area (Å²) in [5, 5.41) is 0.908. The summed E-state index contributed by atoms with van der Waals surface area (Å²) < 4.78 is 3.03. The van der Waals surface area contributed by atoms with E-state index in [2.05, 4.69) is 20.9 Å². The van der Waals surface area contributed by atoms with E-state index < -0.39 is 0 Å². The van der Waals surface area contributed by atoms with Crippen LogP contribution in [0, 0.1) is 0 Å². The second kappa shape index (κ2) is 8.03. The first-order valence-electron chi connectivity index (χ1n) is 9.66. The van der Waals surface area contributed by atoms with Crippen LogP contribution in [0.5, 0.6) is 0 Å². The number of hydrogen-bond acceptors (Lipinski definition) is 6. The molecule has 0 atom stereocenters. The van der Waals surface area contributed by atoms with Gasteiger partial charge in [0.05, 0.1) is 10.2 Å². The van der Waals surface area contributed by atoms with Gasteiger partial charge < -0.3 is 9.47 Å². The van der Waals surface area contributed by atoms with Crippen LogP contribution in [0.15, 0.2) is 47.5 Å². The number of carbonyl (C=O) groups is 2. The van der Waals surface area contributed by atoms with E-state index in [0.29, 0.717) is 26.9 Å². The van der Waals surface area contributed by atoms with Crippen LogP contribution in [0.2, 0.25) is 5.15 Å². The van der Waals surface area contributed by atoms with E-state index in [1.165, 1.54) is 22.7 Å². The first kappa shape index (κ1) is 20.1. The summed E-state index contributed by atoms with van der Waals surface area (Å²) in [6, 6.07) is 13.8. The van der Waals surface area contributed by atoms with Crippen LogP contribution in [0.3, 0.4) is 0 Å². The first-order chi connectivity index (χ1) is 15.0. The Morgan fingerprint density at radius 1 is 1.19 bits per heavy atom. The fourth-order valence-electron chi connectivity index (χ4n) is 3.79. The van der Waals surface area contributed by atoms with Gasteiger partial charge in [0.2, 0.25) is 0 Å². The van der Waals surface area contributed by atoms with Gasteiger partial charge in [0.15, 0.2) is 21.4 Å². The van der Waals surface area contributed by atoms with Crippen molar-refractivity contribution in [3.63, 3.8) is 0 Å². The Morgan fingerprint density at radius 2 is 2.03 bits per heavy atom. The highest BCUT2D eigenvalue weighted by Crippen LogP contribution is 2.33. The van der Waals surface area contributed by atoms with Gasteiger partial charge >= 0.3 is 0 Å². The number of amides is 1. The number of benzene rings is 2. The molecule has 0 saturated carbocycles. The maximum Gasteiger partial charge on any atom is 0.280 e. The molecule has 156 valence electrons. The van der Waals surface area contributed by atoms with E-state index in [4.69, 9.17) is 11.6 Å². The predicted molar refractivity (Wildman–Crippen MR) is 124 cm³/mol. The summed E-state index contributed by atoms with van der Waals surface area (Å²) in [5.41, 5.74) is 3.73. The van der Waals surface area contributed by atoms with E-state index in [1.807, 2.05) is 48.0 Å². The van der Waals surface area contributed by atoms with Gasteiger partial charge in [0.1, 0.15) is 4.88 Å². The highest BCUT2D eigenvalue weighted by Gasteiger charge is 2.24. The number of para-hydroxylation sites is 1. The van der Waals surface area contributed by atoms with Crippen LogP contribution < -0.4 is 9.70 Å². The average Bonchev–Trinajstić information content (AvgIpc) is 3.32. The van der Waals surface area contributed by atoms with Crippen molar-refractivity contribution in [3.05, 3.63) is 74.0 Å². The van der Waals surface area contributed by atoms with Crippen molar-refractivity contribution in [2.75, 3.05) is 11.4 Å². The van der Waals surface area contributed by atoms with Crippen LogP contribution in [0.4, 0.5) is 5.13 Å². The van der Waals surface area contributed by atoms with Crippen molar-refractivity contribution in [2.24, 2.45) is 12.0 Å². The summed E-state index contributed by atoms with van der Waals surface area (Å²) in [5.74, 6) is -0.258. The molecule has 2 aromatic heterocycles. The zero-order chi connectivity index (χ0) is 21.5. The van der Waals surface area contributed by atoms with Crippen molar-refractivity contribution >= 4 is 61.8 Å². The molecule has 0 bridgehead atoms. The minimum Gasteiger partial charge on any atom is -0.343 e. The maximum atomic E-state index is 13.2. The lowest BCUT2D eigenvalue weighted by Crippen LogP contribution is -2.31. The summed E-state index contributed by atoms with van der Waals surface area (Å²) >= 11 is 8.82. The Balaban J connectivity index is 1.52. The third-order valence-electron chi connectivity index (χ3n) is 5.39. The topological polar surface area (TPSA) is 67.6 Å². The number of aromatic nitrogens is 2. The van der Waals surface area contributed by atoms with Gasteiger partial charge in [-0.15, -0.1) is 0 Å². The molecule has 9 heteroatoms. The monoisotopic (exact) mass is 468 g/mol. The molecular weight excluding hydrogens is 452 g/mol. The predicted octanol–water partition coefficient (Wildman–Crippen LogP) is 4.47. The molecule has 1 aliphatic heterocycles. The fourth-order valence-corrected chi connectivity index (χ4v) is 5.89. The van der Waals surface area contributed by atoms with Crippen LogP contribution in [-0.2, 0) is 20.0 Å². The minimum atomic E-state index is -0.258. The largest absolute Gasteiger partial charge is 0.343 e. The first-order valence-corrected chi connectivity index (χ1v) is 11.7. The highest BCUT2D eigenvalue weighted by atomic mass is 35.5. The number of carbonyl (C=O) groups excluding carboxylic acids is 2. The molecule has 2 aromatic carbocycles. The van der Waals surface area contributed by atoms with Crippen molar-refractivity contribution in [1.82, 2.24) is 9.55 Å². The molecule has 4 aromatic rings. The van der Waals surface area contributed by atoms with Crippen LogP contribution in [0.1, 0.15) is 31.2 Å². The Morgan fingerprint density at radius 3 is 2.81 bits per heavy atom. The van der Waals surface area contributed by atoms with Gasteiger partial charge in [-0.25, -0.2) is 4.98 Å². The minimum absolute atomic E-state index is 0.220. The van der Waals surface area contributed by atoms with Gasteiger partial charge in [0.25, 0.3) is 5.91 Å². The second-order valence-corrected chi connectivity index (χ2v) is 9.59. The Kier molecular flexibility index (Phi) is 5.21. The zero-order valence-corrected chi connectivity index (χ0v) is 18.9. The molecule has 0 spiro atoms. The molecule has 0 radical (unpaired) electrons. The van der Waals surface area contributed by atoms with E-state index in [0.717, 1.165) is 40.6 Å². The average molecular weight is 469 g/mol. The van der Waals surface area contributed by atoms with Crippen molar-refractivity contribution in [1.29, 1.82) is 0 Å². The third kappa shape index (κ3) is 3.60. The molecule has 31 heavy (non-hydrogen) atoms. The summed E-state index contributed by atoms with van der Waals surface area (Å²) in [7, 11) is 1.92. The van der Waals surface area contributed by atoms with Crippen LogP contribution in [0.25, 0.3) is 10.2 Å². The maximum absolute atomic E-state index is 13.2. The van der Waals surface area contributed by atoms with E-state index in [9.17, 15) is 9.59 Å². The number of thiazole rings is 2. The van der Waals surface area contributed by atoms with E-state index in [1.54, 1.807) is 0 Å².